The summed E-state index contributed by atoms with van der Waals surface area (Å²) in [5, 5.41) is 20.2. The average molecular weight is 593 g/mol. The summed E-state index contributed by atoms with van der Waals surface area (Å²) in [6.07, 6.45) is 5.59. The second kappa shape index (κ2) is 14.4. The number of benzene rings is 2. The SMILES string of the molecule is CCC[Si](C)(C)O[Si](C)(OC[Si](C)(C)CCCc1ccccc1O)O[Si](C)(C)CCCc1ccccc1O. The number of hydrogen-bond donors (Lipinski definition) is 2. The van der Waals surface area contributed by atoms with Crippen molar-refractivity contribution in [3.05, 3.63) is 59.7 Å². The first-order valence-electron chi connectivity index (χ1n) is 14.2. The van der Waals surface area contributed by atoms with Crippen LogP contribution in [0.25, 0.3) is 0 Å². The van der Waals surface area contributed by atoms with E-state index in [4.69, 9.17) is 12.7 Å². The highest BCUT2D eigenvalue weighted by molar-refractivity contribution is 6.86. The largest absolute Gasteiger partial charge is 0.508 e. The molecule has 0 heterocycles. The summed E-state index contributed by atoms with van der Waals surface area (Å²) in [6.45, 7) is 18.2. The second-order valence-electron chi connectivity index (χ2n) is 12.8. The Kier molecular flexibility index (Phi) is 12.5. The van der Waals surface area contributed by atoms with Gasteiger partial charge in [-0.2, -0.15) is 0 Å². The molecule has 1 unspecified atom stereocenters. The molecular weight excluding hydrogens is 541 g/mol. The Labute approximate surface area is 236 Å². The van der Waals surface area contributed by atoms with E-state index in [1.54, 1.807) is 12.1 Å². The summed E-state index contributed by atoms with van der Waals surface area (Å²) in [4.78, 5) is 0. The molecule has 2 N–H and O–H groups in total. The fourth-order valence-corrected chi connectivity index (χ4v) is 21.1. The van der Waals surface area contributed by atoms with E-state index in [1.807, 2.05) is 36.4 Å². The molecule has 9 heteroatoms. The van der Waals surface area contributed by atoms with Crippen molar-refractivity contribution in [1.82, 2.24) is 0 Å². The zero-order valence-electron chi connectivity index (χ0n) is 25.1. The third-order valence-corrected chi connectivity index (χ3v) is 21.2. The first-order chi connectivity index (χ1) is 17.7. The maximum atomic E-state index is 10.1. The van der Waals surface area contributed by atoms with Crippen LogP contribution in [-0.4, -0.2) is 50.0 Å². The van der Waals surface area contributed by atoms with Crippen molar-refractivity contribution >= 4 is 33.5 Å². The Morgan fingerprint density at radius 3 is 1.55 bits per heavy atom. The van der Waals surface area contributed by atoms with Gasteiger partial charge < -0.3 is 22.9 Å². The van der Waals surface area contributed by atoms with Gasteiger partial charge in [-0.05, 0) is 80.8 Å². The van der Waals surface area contributed by atoms with Crippen molar-refractivity contribution in [2.75, 3.05) is 6.23 Å². The summed E-state index contributed by atoms with van der Waals surface area (Å²) in [5.41, 5.74) is 2.02. The van der Waals surface area contributed by atoms with Gasteiger partial charge in [-0.3, -0.25) is 0 Å². The van der Waals surface area contributed by atoms with E-state index < -0.39 is 33.5 Å². The van der Waals surface area contributed by atoms with Gasteiger partial charge in [0.2, 0.25) is 0 Å². The molecule has 2 aromatic rings. The molecule has 0 aliphatic carbocycles. The number of phenolic OH excluding ortho intramolecular Hbond substituents is 2. The van der Waals surface area contributed by atoms with E-state index >= 15 is 0 Å². The normalized spacial score (nSPS) is 14.4. The zero-order chi connectivity index (χ0) is 28.5. The Morgan fingerprint density at radius 1 is 0.632 bits per heavy atom. The maximum Gasteiger partial charge on any atom is 0.476 e. The standard InChI is InChI=1S/C29H52O5Si4/c1-9-22-36(4,5)33-38(8,34-37(6,7)24-15-19-27-17-11-13-21-29(27)31)32-25-35(2,3)23-14-18-26-16-10-12-20-28(26)30/h10-13,16-17,20-21,30-31H,9,14-15,18-19,22-25H2,1-8H3. The molecular formula is C29H52O5Si4. The molecule has 0 aliphatic heterocycles. The third kappa shape index (κ3) is 11.9. The molecule has 0 fully saturated rings. The Balaban J connectivity index is 2.02. The Bertz CT molecular complexity index is 998. The maximum absolute atomic E-state index is 10.1. The zero-order valence-corrected chi connectivity index (χ0v) is 29.1. The van der Waals surface area contributed by atoms with Crippen molar-refractivity contribution in [2.24, 2.45) is 0 Å². The van der Waals surface area contributed by atoms with Crippen LogP contribution >= 0.6 is 0 Å². The van der Waals surface area contributed by atoms with Crippen molar-refractivity contribution in [2.45, 2.75) is 103 Å². The van der Waals surface area contributed by atoms with Crippen molar-refractivity contribution in [3.63, 3.8) is 0 Å². The fourth-order valence-electron chi connectivity index (χ4n) is 5.09. The predicted molar refractivity (Wildman–Crippen MR) is 170 cm³/mol. The number of hydrogen-bond acceptors (Lipinski definition) is 5. The van der Waals surface area contributed by atoms with E-state index in [2.05, 4.69) is 52.8 Å². The van der Waals surface area contributed by atoms with Gasteiger partial charge in [0.05, 0.1) is 8.07 Å². The van der Waals surface area contributed by atoms with Crippen LogP contribution in [0.3, 0.4) is 0 Å². The lowest BCUT2D eigenvalue weighted by Gasteiger charge is -2.41. The average Bonchev–Trinajstić information content (AvgIpc) is 2.79. The molecule has 2 aromatic carbocycles. The van der Waals surface area contributed by atoms with Gasteiger partial charge in [0.25, 0.3) is 0 Å². The Hall–Kier alpha value is -1.21. The first kappa shape index (κ1) is 33.0. The number of rotatable bonds is 17. The highest BCUT2D eigenvalue weighted by Gasteiger charge is 2.46. The number of phenols is 2. The molecule has 0 saturated heterocycles. The lowest BCUT2D eigenvalue weighted by molar-refractivity contribution is 0.190. The monoisotopic (exact) mass is 592 g/mol. The molecule has 38 heavy (non-hydrogen) atoms. The minimum atomic E-state index is -2.85. The minimum Gasteiger partial charge on any atom is -0.508 e. The first-order valence-corrected chi connectivity index (χ1v) is 26.1. The van der Waals surface area contributed by atoms with Gasteiger partial charge >= 0.3 is 8.80 Å². The molecule has 0 aliphatic rings. The van der Waals surface area contributed by atoms with E-state index in [1.165, 1.54) is 0 Å². The highest BCUT2D eigenvalue weighted by atomic mass is 28.5. The number of para-hydroxylation sites is 2. The molecule has 0 aromatic heterocycles. The van der Waals surface area contributed by atoms with Gasteiger partial charge in [-0.1, -0.05) is 75.3 Å². The third-order valence-electron chi connectivity index (χ3n) is 7.01. The van der Waals surface area contributed by atoms with Crippen LogP contribution in [0.5, 0.6) is 11.5 Å². The summed E-state index contributed by atoms with van der Waals surface area (Å²) in [5.74, 6) is 0.767. The highest BCUT2D eigenvalue weighted by Crippen LogP contribution is 2.30. The van der Waals surface area contributed by atoms with Crippen LogP contribution in [0.15, 0.2) is 48.5 Å². The Morgan fingerprint density at radius 2 is 1.08 bits per heavy atom. The summed E-state index contributed by atoms with van der Waals surface area (Å²) < 4.78 is 20.6. The summed E-state index contributed by atoms with van der Waals surface area (Å²) in [6, 6.07) is 18.5. The molecule has 2 rings (SSSR count). The smallest absolute Gasteiger partial charge is 0.476 e. The van der Waals surface area contributed by atoms with E-state index in [-0.39, 0.29) is 0 Å². The van der Waals surface area contributed by atoms with Gasteiger partial charge in [0, 0.05) is 12.8 Å². The van der Waals surface area contributed by atoms with Gasteiger partial charge in [-0.25, -0.2) is 0 Å². The fraction of sp³-hybridized carbons (Fsp3) is 0.586. The lowest BCUT2D eigenvalue weighted by atomic mass is 10.1. The topological polar surface area (TPSA) is 68.2 Å². The van der Waals surface area contributed by atoms with Crippen molar-refractivity contribution < 1.29 is 22.9 Å². The van der Waals surface area contributed by atoms with Crippen LogP contribution in [0.4, 0.5) is 0 Å². The lowest BCUT2D eigenvalue weighted by Crippen LogP contribution is -2.57. The van der Waals surface area contributed by atoms with Crippen LogP contribution in [0, 0.1) is 0 Å². The van der Waals surface area contributed by atoms with Crippen molar-refractivity contribution in [1.29, 1.82) is 0 Å². The number of aromatic hydroxyl groups is 2. The molecule has 0 bridgehead atoms. The molecule has 0 spiro atoms. The molecule has 0 radical (unpaired) electrons. The van der Waals surface area contributed by atoms with Crippen molar-refractivity contribution in [3.8, 4) is 11.5 Å². The number of aryl methyl sites for hydroxylation is 2. The van der Waals surface area contributed by atoms with Gasteiger partial charge in [0.1, 0.15) is 11.5 Å². The van der Waals surface area contributed by atoms with Crippen LogP contribution in [-0.2, 0) is 25.5 Å². The molecule has 0 saturated carbocycles. The minimum absolute atomic E-state index is 0.376. The predicted octanol–water partition coefficient (Wildman–Crippen LogP) is 8.35. The van der Waals surface area contributed by atoms with Gasteiger partial charge in [-0.15, -0.1) is 0 Å². The van der Waals surface area contributed by atoms with E-state index in [0.717, 1.165) is 67.6 Å². The van der Waals surface area contributed by atoms with E-state index in [9.17, 15) is 10.2 Å². The van der Waals surface area contributed by atoms with Gasteiger partial charge in [0.15, 0.2) is 16.6 Å². The van der Waals surface area contributed by atoms with E-state index in [0.29, 0.717) is 11.5 Å². The summed E-state index contributed by atoms with van der Waals surface area (Å²) >= 11 is 0. The second-order valence-corrected chi connectivity index (χ2v) is 29.6. The summed E-state index contributed by atoms with van der Waals surface area (Å²) in [7, 11) is -8.48. The van der Waals surface area contributed by atoms with Crippen LogP contribution in [0.1, 0.15) is 37.3 Å². The van der Waals surface area contributed by atoms with Crippen LogP contribution in [0.2, 0.25) is 64.0 Å². The quantitative estimate of drug-likeness (QED) is 0.181. The van der Waals surface area contributed by atoms with Crippen LogP contribution < -0.4 is 0 Å². The molecule has 214 valence electrons. The molecule has 5 nitrogen and oxygen atoms in total. The molecule has 1 atom stereocenters. The molecule has 0 amide bonds.